The van der Waals surface area contributed by atoms with Crippen molar-refractivity contribution in [3.8, 4) is 11.5 Å². The Morgan fingerprint density at radius 3 is 2.55 bits per heavy atom. The van der Waals surface area contributed by atoms with Gasteiger partial charge in [-0.2, -0.15) is 0 Å². The Hall–Kier alpha value is -3.21. The molecule has 3 atom stereocenters. The number of benzene rings is 1. The zero-order chi connectivity index (χ0) is 22.7. The average molecular weight is 448 g/mol. The first-order chi connectivity index (χ1) is 14.6. The van der Waals surface area contributed by atoms with Crippen molar-refractivity contribution in [1.82, 2.24) is 10.2 Å². The summed E-state index contributed by atoms with van der Waals surface area (Å²) in [7, 11) is 2.82. The van der Waals surface area contributed by atoms with Crippen LogP contribution < -0.4 is 20.4 Å². The number of aliphatic carboxylic acids is 1. The second-order valence-corrected chi connectivity index (χ2v) is 9.48. The van der Waals surface area contributed by atoms with E-state index in [9.17, 15) is 24.3 Å². The van der Waals surface area contributed by atoms with Crippen molar-refractivity contribution in [3.63, 3.8) is 0 Å². The van der Waals surface area contributed by atoms with Crippen LogP contribution in [0.2, 0.25) is 0 Å². The second-order valence-electron chi connectivity index (χ2n) is 7.71. The molecule has 164 valence electrons. The lowest BCUT2D eigenvalue weighted by molar-refractivity contribution is -0.159. The first-order valence-corrected chi connectivity index (χ1v) is 10.2. The van der Waals surface area contributed by atoms with E-state index in [-0.39, 0.29) is 16.9 Å². The van der Waals surface area contributed by atoms with Crippen molar-refractivity contribution in [1.29, 1.82) is 0 Å². The molecule has 0 saturated carbocycles. The number of fused-ring (bicyclic) bond motifs is 2. The molecule has 10 nitrogen and oxygen atoms in total. The van der Waals surface area contributed by atoms with Crippen LogP contribution in [0.3, 0.4) is 0 Å². The number of hydrogen-bond donors (Lipinski definition) is 2. The lowest BCUT2D eigenvalue weighted by atomic mass is 9.96. The molecule has 3 heterocycles. The summed E-state index contributed by atoms with van der Waals surface area (Å²) in [6.07, 6.45) is 0. The number of carboxylic acids is 1. The summed E-state index contributed by atoms with van der Waals surface area (Å²) in [5.41, 5.74) is -0.790. The summed E-state index contributed by atoms with van der Waals surface area (Å²) in [6, 6.07) is 2.67. The number of amides is 2. The summed E-state index contributed by atoms with van der Waals surface area (Å²) in [5.74, 6) is -2.07. The zero-order valence-corrected chi connectivity index (χ0v) is 17.9. The van der Waals surface area contributed by atoms with Crippen LogP contribution in [0, 0.1) is 0 Å². The number of carbonyl (C=O) groups is 3. The fraction of sp³-hybridized carbons (Fsp3) is 0.400. The molecule has 1 aromatic heterocycles. The monoisotopic (exact) mass is 448 g/mol. The van der Waals surface area contributed by atoms with Gasteiger partial charge in [-0.1, -0.05) is 6.07 Å². The van der Waals surface area contributed by atoms with E-state index in [0.717, 1.165) is 0 Å². The lowest BCUT2D eigenvalue weighted by Crippen LogP contribution is -2.70. The molecular weight excluding hydrogens is 428 g/mol. The number of hydrogen-bond acceptors (Lipinski definition) is 8. The summed E-state index contributed by atoms with van der Waals surface area (Å²) in [4.78, 5) is 50.7. The van der Waals surface area contributed by atoms with Crippen molar-refractivity contribution >= 4 is 40.3 Å². The third-order valence-electron chi connectivity index (χ3n) is 5.46. The van der Waals surface area contributed by atoms with Crippen LogP contribution in [-0.2, 0) is 9.59 Å². The number of rotatable bonds is 5. The maximum atomic E-state index is 12.7. The number of β-lactam (4-membered cyclic amide) rings is 1. The minimum Gasteiger partial charge on any atom is -0.493 e. The number of ether oxygens (including phenoxy) is 2. The summed E-state index contributed by atoms with van der Waals surface area (Å²) in [5, 5.41) is 12.1. The van der Waals surface area contributed by atoms with Crippen LogP contribution in [-0.4, -0.2) is 64.2 Å². The van der Waals surface area contributed by atoms with Gasteiger partial charge >= 0.3 is 11.6 Å². The van der Waals surface area contributed by atoms with Crippen LogP contribution >= 0.6 is 11.8 Å². The number of carboxylic acid groups (broad SMARTS) is 1. The Bertz CT molecular complexity index is 1170. The van der Waals surface area contributed by atoms with E-state index in [0.29, 0.717) is 11.1 Å². The predicted molar refractivity (Wildman–Crippen MR) is 111 cm³/mol. The highest BCUT2D eigenvalue weighted by Gasteiger charge is 2.64. The third kappa shape index (κ3) is 3.11. The Labute approximate surface area is 180 Å². The molecule has 2 aliphatic rings. The first-order valence-electron chi connectivity index (χ1n) is 9.33. The highest BCUT2D eigenvalue weighted by atomic mass is 32.2. The van der Waals surface area contributed by atoms with Crippen LogP contribution in [0.5, 0.6) is 11.5 Å². The normalized spacial score (nSPS) is 23.8. The number of thioether (sulfide) groups is 1. The van der Waals surface area contributed by atoms with Gasteiger partial charge in [0.05, 0.1) is 14.2 Å². The van der Waals surface area contributed by atoms with Crippen LogP contribution in [0.15, 0.2) is 27.4 Å². The van der Waals surface area contributed by atoms with Crippen molar-refractivity contribution in [3.05, 3.63) is 34.4 Å². The molecule has 0 spiro atoms. The maximum absolute atomic E-state index is 12.7. The Morgan fingerprint density at radius 1 is 1.23 bits per heavy atom. The van der Waals surface area contributed by atoms with E-state index in [1.54, 1.807) is 26.0 Å². The summed E-state index contributed by atoms with van der Waals surface area (Å²) < 4.78 is 14.9. The number of methoxy groups -OCH3 is 2. The number of nitrogens with one attached hydrogen (secondary N) is 1. The molecule has 0 bridgehead atoms. The quantitative estimate of drug-likeness (QED) is 0.644. The van der Waals surface area contributed by atoms with Crippen molar-refractivity contribution < 1.29 is 33.4 Å². The SMILES string of the molecule is COc1ccc2cc(C(=O)NC3C(=O)N4C(C(=O)O)C(C)(C)S[C@H]34)oc(=O)c2c1OC. The van der Waals surface area contributed by atoms with Crippen LogP contribution in [0.25, 0.3) is 10.8 Å². The molecule has 2 aromatic rings. The van der Waals surface area contributed by atoms with Gasteiger partial charge in [-0.05, 0) is 31.4 Å². The van der Waals surface area contributed by atoms with E-state index >= 15 is 0 Å². The van der Waals surface area contributed by atoms with E-state index < -0.39 is 45.6 Å². The summed E-state index contributed by atoms with van der Waals surface area (Å²) in [6.45, 7) is 3.48. The molecule has 1 aromatic carbocycles. The van der Waals surface area contributed by atoms with Gasteiger partial charge in [0.25, 0.3) is 5.91 Å². The van der Waals surface area contributed by atoms with E-state index in [4.69, 9.17) is 13.9 Å². The van der Waals surface area contributed by atoms with Crippen molar-refractivity contribution in [2.75, 3.05) is 14.2 Å². The Kier molecular flexibility index (Phi) is 4.88. The number of nitrogens with zero attached hydrogens (tertiary/aromatic N) is 1. The van der Waals surface area contributed by atoms with Gasteiger partial charge in [0.15, 0.2) is 17.3 Å². The summed E-state index contributed by atoms with van der Waals surface area (Å²) >= 11 is 1.30. The van der Waals surface area contributed by atoms with Gasteiger partial charge in [-0.25, -0.2) is 9.59 Å². The average Bonchev–Trinajstić information content (AvgIpc) is 2.98. The molecule has 2 saturated heterocycles. The fourth-order valence-corrected chi connectivity index (χ4v) is 5.69. The van der Waals surface area contributed by atoms with Gasteiger partial charge in [-0.15, -0.1) is 11.8 Å². The topological polar surface area (TPSA) is 135 Å². The fourth-order valence-electron chi connectivity index (χ4n) is 4.06. The van der Waals surface area contributed by atoms with Gasteiger partial charge in [0.1, 0.15) is 22.8 Å². The van der Waals surface area contributed by atoms with Gasteiger partial charge in [-0.3, -0.25) is 9.59 Å². The highest BCUT2D eigenvalue weighted by Crippen LogP contribution is 2.50. The van der Waals surface area contributed by atoms with Crippen molar-refractivity contribution in [2.24, 2.45) is 0 Å². The van der Waals surface area contributed by atoms with E-state index in [2.05, 4.69) is 5.32 Å². The van der Waals surface area contributed by atoms with Gasteiger partial charge < -0.3 is 29.2 Å². The molecule has 4 rings (SSSR count). The molecule has 2 amide bonds. The minimum atomic E-state index is -1.09. The molecule has 31 heavy (non-hydrogen) atoms. The first kappa shape index (κ1) is 21.0. The molecule has 11 heteroatoms. The molecule has 2 unspecified atom stereocenters. The smallest absolute Gasteiger partial charge is 0.348 e. The van der Waals surface area contributed by atoms with Crippen LogP contribution in [0.4, 0.5) is 0 Å². The molecule has 0 aliphatic carbocycles. The third-order valence-corrected chi connectivity index (χ3v) is 7.03. The Morgan fingerprint density at radius 2 is 1.94 bits per heavy atom. The molecule has 2 aliphatic heterocycles. The number of carbonyl (C=O) groups excluding carboxylic acids is 2. The molecule has 2 fully saturated rings. The highest BCUT2D eigenvalue weighted by molar-refractivity contribution is 8.01. The maximum Gasteiger partial charge on any atom is 0.348 e. The molecule has 0 radical (unpaired) electrons. The molecule has 2 N–H and O–H groups in total. The zero-order valence-electron chi connectivity index (χ0n) is 17.1. The second kappa shape index (κ2) is 7.19. The van der Waals surface area contributed by atoms with Gasteiger partial charge in [0, 0.05) is 4.75 Å². The predicted octanol–water partition coefficient (Wildman–Crippen LogP) is 1.06. The van der Waals surface area contributed by atoms with E-state index in [1.807, 2.05) is 0 Å². The molecular formula is C20H20N2O8S. The minimum absolute atomic E-state index is 0.127. The lowest BCUT2D eigenvalue weighted by Gasteiger charge is -2.43. The van der Waals surface area contributed by atoms with Gasteiger partial charge in [0.2, 0.25) is 5.91 Å². The standard InChI is InChI=1S/C20H20N2O8S/c1-20(2)14(18(25)26)22-16(24)12(17(22)31-20)21-15(23)10-7-8-5-6-9(28-3)13(29-4)11(8)19(27)30-10/h5-7,12,14,17H,1-4H3,(H,21,23)(H,25,26)/t12?,14?,17-/m1/s1. The largest absolute Gasteiger partial charge is 0.493 e. The van der Waals surface area contributed by atoms with Crippen molar-refractivity contribution in [2.45, 2.75) is 36.1 Å². The van der Waals surface area contributed by atoms with E-state index in [1.165, 1.54) is 36.9 Å². The Balaban J connectivity index is 1.61. The van der Waals surface area contributed by atoms with Crippen LogP contribution in [0.1, 0.15) is 24.4 Å².